The molecule has 1 atom stereocenters. The highest BCUT2D eigenvalue weighted by molar-refractivity contribution is 7.81. The van der Waals surface area contributed by atoms with Crippen LogP contribution in [0.1, 0.15) is 12.0 Å². The summed E-state index contributed by atoms with van der Waals surface area (Å²) in [6.45, 7) is 0.957. The summed E-state index contributed by atoms with van der Waals surface area (Å²) in [4.78, 5) is 13.1. The molecule has 0 spiro atoms. The lowest BCUT2D eigenvalue weighted by Gasteiger charge is -2.16. The lowest BCUT2D eigenvalue weighted by atomic mass is 10.2. The number of rotatable bonds is 2. The third-order valence-corrected chi connectivity index (χ3v) is 2.86. The number of halogens is 1. The van der Waals surface area contributed by atoms with Crippen LogP contribution in [0.15, 0.2) is 24.3 Å². The zero-order chi connectivity index (χ0) is 10.8. The van der Waals surface area contributed by atoms with Crippen molar-refractivity contribution in [3.63, 3.8) is 0 Å². The summed E-state index contributed by atoms with van der Waals surface area (Å²) in [5.74, 6) is -0.203. The number of carbonyl (C=O) groups excluding carboxylic acids is 1. The Labute approximate surface area is 93.5 Å². The zero-order valence-corrected chi connectivity index (χ0v) is 9.08. The van der Waals surface area contributed by atoms with Gasteiger partial charge in [-0.05, 0) is 6.07 Å². The average molecular weight is 225 g/mol. The zero-order valence-electron chi connectivity index (χ0n) is 8.19. The molecule has 1 unspecified atom stereocenters. The van der Waals surface area contributed by atoms with Crippen molar-refractivity contribution in [1.29, 1.82) is 0 Å². The molecule has 0 radical (unpaired) electrons. The van der Waals surface area contributed by atoms with Crippen LogP contribution in [-0.4, -0.2) is 22.6 Å². The number of nitrogens with zero attached hydrogens (tertiary/aromatic N) is 1. The van der Waals surface area contributed by atoms with Gasteiger partial charge in [0.25, 0.3) is 0 Å². The maximum Gasteiger partial charge on any atom is 0.224 e. The molecule has 0 saturated carbocycles. The Hall–Kier alpha value is -1.03. The maximum atomic E-state index is 13.3. The molecule has 4 heteroatoms. The second-order valence-corrected chi connectivity index (χ2v) is 4.45. The topological polar surface area (TPSA) is 20.3 Å². The molecular formula is C11H12FNOS. The molecule has 1 aromatic rings. The summed E-state index contributed by atoms with van der Waals surface area (Å²) >= 11 is 4.25. The second kappa shape index (κ2) is 4.23. The Balaban J connectivity index is 2.09. The summed E-state index contributed by atoms with van der Waals surface area (Å²) < 4.78 is 13.3. The molecule has 1 amide bonds. The van der Waals surface area contributed by atoms with Gasteiger partial charge in [0.1, 0.15) is 5.82 Å². The number of hydrogen-bond donors (Lipinski definition) is 1. The third-order valence-electron chi connectivity index (χ3n) is 2.51. The first-order chi connectivity index (χ1) is 7.16. The number of amides is 1. The van der Waals surface area contributed by atoms with Crippen molar-refractivity contribution in [3.05, 3.63) is 35.6 Å². The first kappa shape index (κ1) is 10.5. The minimum Gasteiger partial charge on any atom is -0.337 e. The quantitative estimate of drug-likeness (QED) is 0.762. The fourth-order valence-corrected chi connectivity index (χ4v) is 2.09. The molecule has 0 N–H and O–H groups in total. The molecule has 2 nitrogen and oxygen atoms in total. The SMILES string of the molecule is O=C1CC(S)CN1Cc1ccccc1F. The molecule has 1 aromatic carbocycles. The predicted octanol–water partition coefficient (Wildman–Crippen LogP) is 1.86. The maximum absolute atomic E-state index is 13.3. The molecule has 0 aliphatic carbocycles. The molecule has 0 aromatic heterocycles. The normalized spacial score (nSPS) is 21.1. The highest BCUT2D eigenvalue weighted by Crippen LogP contribution is 2.19. The molecule has 2 rings (SSSR count). The summed E-state index contributed by atoms with van der Waals surface area (Å²) in [5, 5.41) is 0.0873. The van der Waals surface area contributed by atoms with Crippen LogP contribution in [0.2, 0.25) is 0 Å². The number of hydrogen-bond acceptors (Lipinski definition) is 2. The van der Waals surface area contributed by atoms with Crippen molar-refractivity contribution in [2.24, 2.45) is 0 Å². The van der Waals surface area contributed by atoms with Crippen molar-refractivity contribution >= 4 is 18.5 Å². The lowest BCUT2D eigenvalue weighted by Crippen LogP contribution is -2.25. The highest BCUT2D eigenvalue weighted by Gasteiger charge is 2.27. The summed E-state index contributed by atoms with van der Waals surface area (Å²) in [5.41, 5.74) is 0.563. The summed E-state index contributed by atoms with van der Waals surface area (Å²) in [6, 6.07) is 6.53. The van der Waals surface area contributed by atoms with Gasteiger partial charge in [-0.15, -0.1) is 0 Å². The molecule has 1 aliphatic heterocycles. The monoisotopic (exact) mass is 225 g/mol. The van der Waals surface area contributed by atoms with E-state index in [0.717, 1.165) is 0 Å². The number of thiol groups is 1. The molecule has 1 heterocycles. The third kappa shape index (κ3) is 2.31. The van der Waals surface area contributed by atoms with Crippen molar-refractivity contribution in [2.75, 3.05) is 6.54 Å². The van der Waals surface area contributed by atoms with E-state index < -0.39 is 0 Å². The van der Waals surface area contributed by atoms with Crippen LogP contribution in [0.5, 0.6) is 0 Å². The van der Waals surface area contributed by atoms with Crippen molar-refractivity contribution in [1.82, 2.24) is 4.90 Å². The van der Waals surface area contributed by atoms with Gasteiger partial charge in [-0.3, -0.25) is 4.79 Å². The van der Waals surface area contributed by atoms with Crippen molar-refractivity contribution in [2.45, 2.75) is 18.2 Å². The molecular weight excluding hydrogens is 213 g/mol. The van der Waals surface area contributed by atoms with Gasteiger partial charge in [-0.2, -0.15) is 12.6 Å². The smallest absolute Gasteiger partial charge is 0.224 e. The van der Waals surface area contributed by atoms with E-state index >= 15 is 0 Å². The van der Waals surface area contributed by atoms with Gasteiger partial charge in [0.15, 0.2) is 0 Å². The van der Waals surface area contributed by atoms with Gasteiger partial charge in [-0.1, -0.05) is 18.2 Å². The van der Waals surface area contributed by atoms with E-state index in [2.05, 4.69) is 12.6 Å². The number of benzene rings is 1. The molecule has 80 valence electrons. The summed E-state index contributed by atoms with van der Waals surface area (Å²) in [6.07, 6.45) is 0.456. The van der Waals surface area contributed by atoms with Gasteiger partial charge in [0.2, 0.25) is 5.91 Å². The van der Waals surface area contributed by atoms with Gasteiger partial charge in [0.05, 0.1) is 0 Å². The largest absolute Gasteiger partial charge is 0.337 e. The van der Waals surface area contributed by atoms with E-state index in [1.54, 1.807) is 23.1 Å². The molecule has 1 fully saturated rings. The van der Waals surface area contributed by atoms with Gasteiger partial charge in [-0.25, -0.2) is 4.39 Å². The molecule has 0 bridgehead atoms. The minimum atomic E-state index is -0.257. The summed E-state index contributed by atoms with van der Waals surface area (Å²) in [7, 11) is 0. The Bertz CT molecular complexity index is 383. The van der Waals surface area contributed by atoms with Gasteiger partial charge >= 0.3 is 0 Å². The van der Waals surface area contributed by atoms with Crippen LogP contribution < -0.4 is 0 Å². The van der Waals surface area contributed by atoms with E-state index in [0.29, 0.717) is 25.1 Å². The number of likely N-dealkylation sites (tertiary alicyclic amines) is 1. The average Bonchev–Trinajstić information content (AvgIpc) is 2.49. The molecule has 1 saturated heterocycles. The van der Waals surface area contributed by atoms with Crippen LogP contribution in [0, 0.1) is 5.82 Å². The Morgan fingerprint density at radius 2 is 2.20 bits per heavy atom. The highest BCUT2D eigenvalue weighted by atomic mass is 32.1. The van der Waals surface area contributed by atoms with E-state index in [1.807, 2.05) is 0 Å². The van der Waals surface area contributed by atoms with Crippen LogP contribution in [0.25, 0.3) is 0 Å². The van der Waals surface area contributed by atoms with Gasteiger partial charge < -0.3 is 4.90 Å². The van der Waals surface area contributed by atoms with Gasteiger partial charge in [0, 0.05) is 30.3 Å². The Kier molecular flexibility index (Phi) is 2.95. The fourth-order valence-electron chi connectivity index (χ4n) is 1.74. The van der Waals surface area contributed by atoms with Crippen LogP contribution >= 0.6 is 12.6 Å². The first-order valence-corrected chi connectivity index (χ1v) is 5.37. The fraction of sp³-hybridized carbons (Fsp3) is 0.364. The molecule has 1 aliphatic rings. The second-order valence-electron chi connectivity index (χ2n) is 3.72. The Morgan fingerprint density at radius 3 is 2.80 bits per heavy atom. The van der Waals surface area contributed by atoms with E-state index in [4.69, 9.17) is 0 Å². The van der Waals surface area contributed by atoms with Crippen LogP contribution in [-0.2, 0) is 11.3 Å². The Morgan fingerprint density at radius 1 is 1.47 bits per heavy atom. The van der Waals surface area contributed by atoms with E-state index in [-0.39, 0.29) is 17.0 Å². The minimum absolute atomic E-state index is 0.0539. The molecule has 15 heavy (non-hydrogen) atoms. The predicted molar refractivity (Wildman–Crippen MR) is 59.2 cm³/mol. The number of carbonyl (C=O) groups is 1. The van der Waals surface area contributed by atoms with Crippen molar-refractivity contribution in [3.8, 4) is 0 Å². The van der Waals surface area contributed by atoms with Crippen molar-refractivity contribution < 1.29 is 9.18 Å². The first-order valence-electron chi connectivity index (χ1n) is 4.86. The van der Waals surface area contributed by atoms with Crippen LogP contribution in [0.4, 0.5) is 4.39 Å². The standard InChI is InChI=1S/C11H12FNOS/c12-10-4-2-1-3-8(10)6-13-7-9(15)5-11(13)14/h1-4,9,15H,5-7H2. The van der Waals surface area contributed by atoms with Crippen LogP contribution in [0.3, 0.4) is 0 Å². The van der Waals surface area contributed by atoms with E-state index in [1.165, 1.54) is 6.07 Å². The lowest BCUT2D eigenvalue weighted by molar-refractivity contribution is -0.128. The van der Waals surface area contributed by atoms with E-state index in [9.17, 15) is 9.18 Å².